The highest BCUT2D eigenvalue weighted by Gasteiger charge is 2.18. The maximum atomic E-state index is 15.6. The molecule has 6 heteroatoms. The van der Waals surface area contributed by atoms with Crippen LogP contribution in [0.15, 0.2) is 90.7 Å². The molecule has 4 nitrogen and oxygen atoms in total. The van der Waals surface area contributed by atoms with Gasteiger partial charge in [-0.3, -0.25) is 0 Å². The molecule has 3 aromatic rings. The summed E-state index contributed by atoms with van der Waals surface area (Å²) in [6.07, 6.45) is 8.80. The first kappa shape index (κ1) is 24.7. The number of fused-ring (bicyclic) bond motifs is 1. The van der Waals surface area contributed by atoms with E-state index in [9.17, 15) is 4.39 Å². The smallest absolute Gasteiger partial charge is 0.157 e. The van der Waals surface area contributed by atoms with Crippen LogP contribution < -0.4 is 10.6 Å². The summed E-state index contributed by atoms with van der Waals surface area (Å²) in [6, 6.07) is 6.14. The number of benzene rings is 1. The Morgan fingerprint density at radius 2 is 1.82 bits per heavy atom. The normalized spacial score (nSPS) is 12.0. The van der Waals surface area contributed by atoms with Gasteiger partial charge in [0, 0.05) is 23.2 Å². The zero-order chi connectivity index (χ0) is 25.0. The van der Waals surface area contributed by atoms with E-state index in [0.717, 1.165) is 28.1 Å². The van der Waals surface area contributed by atoms with Crippen molar-refractivity contribution in [3.63, 3.8) is 0 Å². The maximum absolute atomic E-state index is 15.6. The number of nitrogens with zero attached hydrogens (tertiary/aromatic N) is 2. The van der Waals surface area contributed by atoms with Crippen LogP contribution in [0.25, 0.3) is 22.3 Å². The molecule has 0 aliphatic heterocycles. The van der Waals surface area contributed by atoms with Crippen LogP contribution in [0.2, 0.25) is 0 Å². The van der Waals surface area contributed by atoms with E-state index in [0.29, 0.717) is 17.0 Å². The summed E-state index contributed by atoms with van der Waals surface area (Å²) in [4.78, 5) is 4.43. The number of anilines is 1. The summed E-state index contributed by atoms with van der Waals surface area (Å²) in [5.41, 5.74) is 6.12. The fraction of sp³-hybridized carbons (Fsp3) is 0.179. The Balaban J connectivity index is 2.03. The first-order valence-electron chi connectivity index (χ1n) is 11.0. The zero-order valence-corrected chi connectivity index (χ0v) is 20.3. The molecule has 0 unspecified atom stereocenters. The van der Waals surface area contributed by atoms with Gasteiger partial charge in [-0.15, -0.1) is 0 Å². The van der Waals surface area contributed by atoms with Crippen molar-refractivity contribution in [1.29, 1.82) is 0 Å². The predicted molar refractivity (Wildman–Crippen MR) is 138 cm³/mol. The van der Waals surface area contributed by atoms with Crippen LogP contribution in [-0.2, 0) is 0 Å². The number of allylic oxidation sites excluding steroid dienone is 6. The van der Waals surface area contributed by atoms with Crippen LogP contribution in [-0.4, -0.2) is 9.38 Å². The monoisotopic (exact) mass is 460 g/mol. The van der Waals surface area contributed by atoms with Crippen LogP contribution in [0.1, 0.15) is 40.3 Å². The molecule has 3 rings (SSSR count). The fourth-order valence-corrected chi connectivity index (χ4v) is 3.40. The highest BCUT2D eigenvalue weighted by atomic mass is 19.1. The summed E-state index contributed by atoms with van der Waals surface area (Å²) in [5, 5.41) is 6.29. The second kappa shape index (κ2) is 10.3. The standard InChI is InChI=1S/C28H30F2N4/c1-8-18(5)14-24(17(3)4)33-23-12-11-22(29)26(27(23)30)21-10-13-25-28(31-16-34(25)15-21)20(7)32-19(6)9-2/h8-16,32-33H,1,7H2,2-6H3/b18-14-,19-9-. The summed E-state index contributed by atoms with van der Waals surface area (Å²) in [7, 11) is 0. The van der Waals surface area contributed by atoms with Crippen molar-refractivity contribution >= 4 is 16.9 Å². The van der Waals surface area contributed by atoms with E-state index in [1.807, 2.05) is 46.8 Å². The second-order valence-electron chi connectivity index (χ2n) is 8.29. The van der Waals surface area contributed by atoms with Crippen LogP contribution >= 0.6 is 0 Å². The van der Waals surface area contributed by atoms with Gasteiger partial charge in [-0.1, -0.05) is 36.9 Å². The fourth-order valence-electron chi connectivity index (χ4n) is 3.40. The van der Waals surface area contributed by atoms with Gasteiger partial charge in [-0.2, -0.15) is 0 Å². The Bertz CT molecular complexity index is 1350. The molecule has 176 valence electrons. The lowest BCUT2D eigenvalue weighted by Gasteiger charge is -2.15. The second-order valence-corrected chi connectivity index (χ2v) is 8.29. The molecule has 0 atom stereocenters. The number of nitrogens with one attached hydrogen (secondary N) is 2. The molecule has 0 aliphatic rings. The van der Waals surface area contributed by atoms with Gasteiger partial charge in [-0.05, 0) is 64.5 Å². The Kier molecular flexibility index (Phi) is 7.51. The lowest BCUT2D eigenvalue weighted by Crippen LogP contribution is -2.08. The predicted octanol–water partition coefficient (Wildman–Crippen LogP) is 7.60. The SMILES string of the molecule is C=C/C(C)=C\C(Nc1ccc(F)c(-c2ccc3c(C(=C)N/C(C)=C\C)ncn3c2)c1F)=C(C)C. The van der Waals surface area contributed by atoms with Crippen molar-refractivity contribution in [2.24, 2.45) is 0 Å². The minimum absolute atomic E-state index is 0.110. The Morgan fingerprint density at radius 1 is 1.09 bits per heavy atom. The van der Waals surface area contributed by atoms with Crippen molar-refractivity contribution in [3.05, 3.63) is 108 Å². The first-order valence-corrected chi connectivity index (χ1v) is 11.0. The molecule has 0 aliphatic carbocycles. The summed E-state index contributed by atoms with van der Waals surface area (Å²) < 4.78 is 32.1. The lowest BCUT2D eigenvalue weighted by atomic mass is 10.0. The topological polar surface area (TPSA) is 41.4 Å². The minimum atomic E-state index is -0.669. The Hall–Kier alpha value is -3.93. The molecule has 0 bridgehead atoms. The molecule has 2 N–H and O–H groups in total. The van der Waals surface area contributed by atoms with Crippen molar-refractivity contribution < 1.29 is 8.78 Å². The third-order valence-electron chi connectivity index (χ3n) is 5.48. The number of hydrogen-bond acceptors (Lipinski definition) is 3. The largest absolute Gasteiger partial charge is 0.358 e. The van der Waals surface area contributed by atoms with Gasteiger partial charge in [-0.25, -0.2) is 13.8 Å². The first-order chi connectivity index (χ1) is 16.2. The van der Waals surface area contributed by atoms with E-state index in [4.69, 9.17) is 0 Å². The molecule has 0 radical (unpaired) electrons. The van der Waals surface area contributed by atoms with Gasteiger partial charge in [0.1, 0.15) is 17.8 Å². The third kappa shape index (κ3) is 5.17. The van der Waals surface area contributed by atoms with Crippen LogP contribution in [0, 0.1) is 11.6 Å². The van der Waals surface area contributed by atoms with E-state index < -0.39 is 11.6 Å². The van der Waals surface area contributed by atoms with E-state index in [1.54, 1.807) is 35.1 Å². The van der Waals surface area contributed by atoms with Gasteiger partial charge >= 0.3 is 0 Å². The molecule has 0 amide bonds. The highest BCUT2D eigenvalue weighted by Crippen LogP contribution is 2.32. The number of hydrogen-bond donors (Lipinski definition) is 2. The minimum Gasteiger partial charge on any atom is -0.358 e. The van der Waals surface area contributed by atoms with Gasteiger partial charge in [0.15, 0.2) is 5.82 Å². The molecular formula is C28H30F2N4. The lowest BCUT2D eigenvalue weighted by molar-refractivity contribution is 0.592. The van der Waals surface area contributed by atoms with E-state index in [2.05, 4.69) is 28.8 Å². The summed E-state index contributed by atoms with van der Waals surface area (Å²) in [5.74, 6) is -1.31. The highest BCUT2D eigenvalue weighted by molar-refractivity contribution is 5.77. The number of imidazole rings is 1. The molecule has 1 aromatic carbocycles. The molecule has 0 saturated heterocycles. The Morgan fingerprint density at radius 3 is 2.47 bits per heavy atom. The number of pyridine rings is 1. The molecule has 2 aromatic heterocycles. The van der Waals surface area contributed by atoms with Crippen LogP contribution in [0.4, 0.5) is 14.5 Å². The van der Waals surface area contributed by atoms with E-state index >= 15 is 4.39 Å². The summed E-state index contributed by atoms with van der Waals surface area (Å²) in [6.45, 7) is 17.4. The van der Waals surface area contributed by atoms with Crippen LogP contribution in [0.3, 0.4) is 0 Å². The van der Waals surface area contributed by atoms with Crippen LogP contribution in [0.5, 0.6) is 0 Å². The van der Waals surface area contributed by atoms with Gasteiger partial charge in [0.2, 0.25) is 0 Å². The molecule has 0 fully saturated rings. The zero-order valence-electron chi connectivity index (χ0n) is 20.3. The van der Waals surface area contributed by atoms with Gasteiger partial charge < -0.3 is 15.0 Å². The molecule has 34 heavy (non-hydrogen) atoms. The number of halogens is 2. The quantitative estimate of drug-likeness (QED) is 0.340. The average Bonchev–Trinajstić information content (AvgIpc) is 3.23. The van der Waals surface area contributed by atoms with E-state index in [1.165, 1.54) is 12.1 Å². The maximum Gasteiger partial charge on any atom is 0.157 e. The molecule has 0 spiro atoms. The number of rotatable bonds is 8. The number of aromatic nitrogens is 2. The van der Waals surface area contributed by atoms with Gasteiger partial charge in [0.25, 0.3) is 0 Å². The average molecular weight is 461 g/mol. The van der Waals surface area contributed by atoms with Crippen molar-refractivity contribution in [1.82, 2.24) is 14.7 Å². The molecular weight excluding hydrogens is 430 g/mol. The van der Waals surface area contributed by atoms with Crippen molar-refractivity contribution in [2.75, 3.05) is 5.32 Å². The van der Waals surface area contributed by atoms with Crippen molar-refractivity contribution in [3.8, 4) is 11.1 Å². The molecule has 0 saturated carbocycles. The third-order valence-corrected chi connectivity index (χ3v) is 5.48. The van der Waals surface area contributed by atoms with E-state index in [-0.39, 0.29) is 11.3 Å². The van der Waals surface area contributed by atoms with Gasteiger partial charge in [0.05, 0.1) is 22.5 Å². The van der Waals surface area contributed by atoms with Crippen molar-refractivity contribution in [2.45, 2.75) is 34.6 Å². The molecule has 2 heterocycles. The Labute approximate surface area is 199 Å². The summed E-state index contributed by atoms with van der Waals surface area (Å²) >= 11 is 0.